The predicted octanol–water partition coefficient (Wildman–Crippen LogP) is 3.34. The molecule has 1 amide bonds. The van der Waals surface area contributed by atoms with Gasteiger partial charge in [-0.05, 0) is 50.9 Å². The van der Waals surface area contributed by atoms with E-state index in [9.17, 15) is 9.18 Å². The second-order valence-electron chi connectivity index (χ2n) is 9.97. The zero-order valence-electron chi connectivity index (χ0n) is 19.5. The van der Waals surface area contributed by atoms with E-state index in [4.69, 9.17) is 4.74 Å². The summed E-state index contributed by atoms with van der Waals surface area (Å²) in [6, 6.07) is 0.0949. The van der Waals surface area contributed by atoms with Crippen molar-refractivity contribution in [3.05, 3.63) is 17.5 Å². The molecule has 3 fully saturated rings. The van der Waals surface area contributed by atoms with Gasteiger partial charge in [0.05, 0.1) is 18.5 Å². The van der Waals surface area contributed by atoms with Crippen LogP contribution >= 0.6 is 0 Å². The summed E-state index contributed by atoms with van der Waals surface area (Å²) < 4.78 is 19.2. The van der Waals surface area contributed by atoms with Gasteiger partial charge in [0.25, 0.3) is 5.91 Å². The largest absolute Gasteiger partial charge is 0.383 e. The topological polar surface area (TPSA) is 79.4 Å². The molecule has 1 aromatic heterocycles. The number of amides is 1. The monoisotopic (exact) mass is 447 g/mol. The lowest BCUT2D eigenvalue weighted by Gasteiger charge is -2.36. The van der Waals surface area contributed by atoms with E-state index < -0.39 is 6.17 Å². The van der Waals surface area contributed by atoms with E-state index in [0.29, 0.717) is 37.7 Å². The molecule has 0 radical (unpaired) electrons. The van der Waals surface area contributed by atoms with Crippen molar-refractivity contribution in [1.29, 1.82) is 0 Å². The Balaban J connectivity index is 1.30. The summed E-state index contributed by atoms with van der Waals surface area (Å²) in [4.78, 5) is 15.0. The maximum atomic E-state index is 14.0. The summed E-state index contributed by atoms with van der Waals surface area (Å²) in [6.45, 7) is 7.29. The van der Waals surface area contributed by atoms with Gasteiger partial charge >= 0.3 is 0 Å². The van der Waals surface area contributed by atoms with Crippen LogP contribution in [0.1, 0.15) is 67.9 Å². The van der Waals surface area contributed by atoms with Crippen molar-refractivity contribution in [3.8, 4) is 0 Å². The second-order valence-corrected chi connectivity index (χ2v) is 9.97. The van der Waals surface area contributed by atoms with Crippen molar-refractivity contribution in [3.63, 3.8) is 0 Å². The van der Waals surface area contributed by atoms with Crippen molar-refractivity contribution < 1.29 is 13.9 Å². The smallest absolute Gasteiger partial charge is 0.274 e. The normalized spacial score (nSPS) is 29.7. The van der Waals surface area contributed by atoms with E-state index in [1.807, 2.05) is 11.8 Å². The summed E-state index contributed by atoms with van der Waals surface area (Å²) in [7, 11) is 0. The minimum Gasteiger partial charge on any atom is -0.383 e. The molecule has 0 aromatic carbocycles. The molecule has 1 saturated carbocycles. The summed E-state index contributed by atoms with van der Waals surface area (Å²) in [6.07, 6.45) is 8.28. The van der Waals surface area contributed by atoms with Crippen molar-refractivity contribution in [2.45, 2.75) is 77.0 Å². The zero-order chi connectivity index (χ0) is 22.5. The zero-order valence-corrected chi connectivity index (χ0v) is 19.5. The highest BCUT2D eigenvalue weighted by Crippen LogP contribution is 2.29. The Labute approximate surface area is 190 Å². The predicted molar refractivity (Wildman–Crippen MR) is 123 cm³/mol. The number of ether oxygens (including phenoxy) is 1. The lowest BCUT2D eigenvalue weighted by atomic mass is 9.82. The molecule has 0 spiro atoms. The molecule has 4 atom stereocenters. The number of halogens is 1. The van der Waals surface area contributed by atoms with E-state index in [2.05, 4.69) is 27.8 Å². The summed E-state index contributed by atoms with van der Waals surface area (Å²) in [5.41, 5.74) is 2.22. The van der Waals surface area contributed by atoms with Crippen LogP contribution in [-0.2, 0) is 4.74 Å². The highest BCUT2D eigenvalue weighted by atomic mass is 19.1. The second kappa shape index (κ2) is 10.9. The Kier molecular flexibility index (Phi) is 7.94. The Morgan fingerprint density at radius 1 is 1.25 bits per heavy atom. The first kappa shape index (κ1) is 23.4. The maximum absolute atomic E-state index is 14.0. The van der Waals surface area contributed by atoms with Gasteiger partial charge < -0.3 is 20.3 Å². The van der Waals surface area contributed by atoms with Gasteiger partial charge in [-0.3, -0.25) is 4.79 Å². The Bertz CT molecular complexity index is 771. The first-order valence-electron chi connectivity index (χ1n) is 12.3. The number of alkyl halides is 1. The van der Waals surface area contributed by atoms with Crippen LogP contribution in [0.25, 0.3) is 0 Å². The van der Waals surface area contributed by atoms with Crippen LogP contribution < -0.4 is 10.6 Å². The Hall–Kier alpha value is -1.80. The first-order valence-corrected chi connectivity index (χ1v) is 12.3. The number of aromatic nitrogens is 2. The molecule has 178 valence electrons. The van der Waals surface area contributed by atoms with Crippen molar-refractivity contribution >= 4 is 11.6 Å². The van der Waals surface area contributed by atoms with Crippen LogP contribution in [0.15, 0.2) is 6.20 Å². The van der Waals surface area contributed by atoms with E-state index in [-0.39, 0.29) is 24.6 Å². The average Bonchev–Trinajstić information content (AvgIpc) is 2.80. The van der Waals surface area contributed by atoms with Crippen molar-refractivity contribution in [2.75, 3.05) is 38.2 Å². The van der Waals surface area contributed by atoms with Crippen LogP contribution in [-0.4, -0.2) is 72.1 Å². The molecular weight excluding hydrogens is 409 g/mol. The number of carbonyl (C=O) groups excluding carboxylic acids is 1. The number of likely N-dealkylation sites (tertiary alicyclic amines) is 1. The minimum absolute atomic E-state index is 0.0576. The molecule has 7 nitrogen and oxygen atoms in total. The van der Waals surface area contributed by atoms with Gasteiger partial charge in [-0.2, -0.15) is 5.10 Å². The number of nitrogens with one attached hydrogen (secondary N) is 2. The van der Waals surface area contributed by atoms with Gasteiger partial charge in [-0.25, -0.2) is 4.39 Å². The third-order valence-electron chi connectivity index (χ3n) is 7.45. The fourth-order valence-corrected chi connectivity index (χ4v) is 5.42. The summed E-state index contributed by atoms with van der Waals surface area (Å²) in [5, 5.41) is 15.3. The highest BCUT2D eigenvalue weighted by Gasteiger charge is 2.31. The quantitative estimate of drug-likeness (QED) is 0.696. The number of nitrogens with zero attached hydrogens (tertiary/aromatic N) is 3. The fraction of sp³-hybridized carbons (Fsp3) is 0.792. The molecular formula is C24H38FN5O2. The number of carbonyl (C=O) groups is 1. The van der Waals surface area contributed by atoms with E-state index in [1.54, 1.807) is 6.20 Å². The molecule has 1 aliphatic carbocycles. The van der Waals surface area contributed by atoms with Gasteiger partial charge in [-0.15, -0.1) is 5.10 Å². The molecule has 2 aliphatic heterocycles. The molecule has 2 N–H and O–H groups in total. The van der Waals surface area contributed by atoms with Crippen LogP contribution in [0.3, 0.4) is 0 Å². The number of hydrogen-bond donors (Lipinski definition) is 2. The first-order chi connectivity index (χ1) is 15.5. The van der Waals surface area contributed by atoms with E-state index >= 15 is 0 Å². The lowest BCUT2D eigenvalue weighted by Crippen LogP contribution is -2.52. The van der Waals surface area contributed by atoms with E-state index in [0.717, 1.165) is 36.6 Å². The molecule has 3 heterocycles. The minimum atomic E-state index is -0.951. The summed E-state index contributed by atoms with van der Waals surface area (Å²) in [5.74, 6) is 1.42. The van der Waals surface area contributed by atoms with Gasteiger partial charge in [0.15, 0.2) is 5.69 Å². The summed E-state index contributed by atoms with van der Waals surface area (Å²) >= 11 is 0. The van der Waals surface area contributed by atoms with Gasteiger partial charge in [-0.1, -0.05) is 19.8 Å². The van der Waals surface area contributed by atoms with Crippen LogP contribution in [0.5, 0.6) is 0 Å². The molecule has 2 saturated heterocycles. The molecule has 32 heavy (non-hydrogen) atoms. The Morgan fingerprint density at radius 2 is 2.06 bits per heavy atom. The molecule has 3 aliphatic rings. The van der Waals surface area contributed by atoms with Crippen molar-refractivity contribution in [2.24, 2.45) is 11.8 Å². The number of piperidine rings is 1. The highest BCUT2D eigenvalue weighted by molar-refractivity contribution is 5.94. The fourth-order valence-electron chi connectivity index (χ4n) is 5.42. The maximum Gasteiger partial charge on any atom is 0.274 e. The third kappa shape index (κ3) is 5.76. The third-order valence-corrected chi connectivity index (χ3v) is 7.45. The van der Waals surface area contributed by atoms with Crippen molar-refractivity contribution in [1.82, 2.24) is 20.4 Å². The van der Waals surface area contributed by atoms with Crippen LogP contribution in [0.4, 0.5) is 10.1 Å². The average molecular weight is 448 g/mol. The van der Waals surface area contributed by atoms with Crippen LogP contribution in [0, 0.1) is 18.8 Å². The molecule has 8 heteroatoms. The number of hydrogen-bond acceptors (Lipinski definition) is 6. The number of anilines is 1. The van der Waals surface area contributed by atoms with E-state index in [1.165, 1.54) is 25.7 Å². The Morgan fingerprint density at radius 3 is 2.81 bits per heavy atom. The molecule has 4 rings (SSSR count). The number of rotatable bonds is 6. The molecule has 2 unspecified atom stereocenters. The van der Waals surface area contributed by atoms with Gasteiger partial charge in [0.1, 0.15) is 6.17 Å². The van der Waals surface area contributed by atoms with Crippen LogP contribution in [0.2, 0.25) is 0 Å². The molecule has 0 bridgehead atoms. The SMILES string of the molecule is Cc1c(NC[C@H]2CCC[C@@H](C)C2)cnnc1C(=O)N1CCC(NC2CCOCC2F)CC1. The standard InChI is InChI=1S/C24H38FN5O2/c1-16-4-3-5-18(12-16)13-26-22-14-27-29-23(17(22)2)24(31)30-9-6-19(7-10-30)28-21-8-11-32-15-20(21)25/h14,16,18-21,28H,3-13,15H2,1-2H3,(H,26,29)/t16-,18+,20?,21?/m1/s1. The van der Waals surface area contributed by atoms with Gasteiger partial charge in [0, 0.05) is 43.9 Å². The van der Waals surface area contributed by atoms with Gasteiger partial charge in [0.2, 0.25) is 0 Å². The lowest BCUT2D eigenvalue weighted by molar-refractivity contribution is 0.00840. The molecule has 1 aromatic rings.